The van der Waals surface area contributed by atoms with Crippen LogP contribution in [0.5, 0.6) is 0 Å². The Bertz CT molecular complexity index is 433. The number of pyridine rings is 1. The fraction of sp³-hybridized carbons (Fsp3) is 0.125. The highest BCUT2D eigenvalue weighted by molar-refractivity contribution is 7.80. The zero-order valence-corrected chi connectivity index (χ0v) is 9.14. The Balaban J connectivity index is 2.36. The first-order chi connectivity index (χ1) is 7.16. The van der Waals surface area contributed by atoms with E-state index >= 15 is 0 Å². The summed E-state index contributed by atoms with van der Waals surface area (Å²) in [6, 6.07) is 3.59. The second-order valence-electron chi connectivity index (χ2n) is 2.90. The second-order valence-corrected chi connectivity index (χ2v) is 3.67. The summed E-state index contributed by atoms with van der Waals surface area (Å²) in [6.45, 7) is 0. The van der Waals surface area contributed by atoms with Crippen molar-refractivity contribution in [2.24, 2.45) is 10.7 Å². The lowest BCUT2D eigenvalue weighted by atomic mass is 10.2. The van der Waals surface area contributed by atoms with Gasteiger partial charge in [-0.1, -0.05) is 17.7 Å². The highest BCUT2D eigenvalue weighted by Crippen LogP contribution is 2.22. The molecule has 7 heteroatoms. The zero-order chi connectivity index (χ0) is 10.8. The number of thiocarbonyl (C=S) groups is 1. The summed E-state index contributed by atoms with van der Waals surface area (Å²) in [5.74, 6) is 0.267. The lowest BCUT2D eigenvalue weighted by molar-refractivity contribution is 0.657. The molecule has 1 aromatic rings. The summed E-state index contributed by atoms with van der Waals surface area (Å²) < 4.78 is 0. The van der Waals surface area contributed by atoms with Crippen LogP contribution in [0.15, 0.2) is 23.3 Å². The van der Waals surface area contributed by atoms with Crippen LogP contribution in [0.3, 0.4) is 0 Å². The molecule has 4 N–H and O–H groups in total. The van der Waals surface area contributed by atoms with Crippen LogP contribution >= 0.6 is 23.8 Å². The Morgan fingerprint density at radius 3 is 3.00 bits per heavy atom. The van der Waals surface area contributed by atoms with E-state index in [9.17, 15) is 0 Å². The lowest BCUT2D eigenvalue weighted by Gasteiger charge is -2.23. The molecular weight excluding hydrogens is 234 g/mol. The van der Waals surface area contributed by atoms with Crippen LogP contribution in [0.1, 0.15) is 11.7 Å². The van der Waals surface area contributed by atoms with Gasteiger partial charge in [0.2, 0.25) is 0 Å². The summed E-state index contributed by atoms with van der Waals surface area (Å²) in [7, 11) is 0. The van der Waals surface area contributed by atoms with Crippen molar-refractivity contribution < 1.29 is 0 Å². The third kappa shape index (κ3) is 2.16. The van der Waals surface area contributed by atoms with Crippen LogP contribution in [-0.4, -0.2) is 16.1 Å². The van der Waals surface area contributed by atoms with E-state index in [-0.39, 0.29) is 12.1 Å². The van der Waals surface area contributed by atoms with E-state index in [0.717, 1.165) is 5.56 Å². The van der Waals surface area contributed by atoms with Gasteiger partial charge in [-0.15, -0.1) is 0 Å². The van der Waals surface area contributed by atoms with E-state index in [0.29, 0.717) is 10.3 Å². The SMILES string of the molecule is NC1=N[C@H](c2cccnc2Cl)NC(=S)N1. The number of aliphatic imine (C=N–C) groups is 1. The van der Waals surface area contributed by atoms with Gasteiger partial charge < -0.3 is 16.4 Å². The molecule has 0 radical (unpaired) electrons. The maximum Gasteiger partial charge on any atom is 0.197 e. The average Bonchev–Trinajstić information content (AvgIpc) is 2.16. The molecule has 0 amide bonds. The number of nitrogens with one attached hydrogen (secondary N) is 2. The van der Waals surface area contributed by atoms with Gasteiger partial charge in [0.25, 0.3) is 0 Å². The smallest absolute Gasteiger partial charge is 0.197 e. The number of hydrogen-bond donors (Lipinski definition) is 3. The first-order valence-electron chi connectivity index (χ1n) is 4.18. The van der Waals surface area contributed by atoms with E-state index in [1.165, 1.54) is 0 Å². The van der Waals surface area contributed by atoms with Crippen LogP contribution in [0.4, 0.5) is 0 Å². The van der Waals surface area contributed by atoms with Crippen LogP contribution < -0.4 is 16.4 Å². The van der Waals surface area contributed by atoms with Gasteiger partial charge in [0.05, 0.1) is 0 Å². The number of nitrogens with two attached hydrogens (primary N) is 1. The molecular formula is C8H8ClN5S. The Morgan fingerprint density at radius 2 is 2.33 bits per heavy atom. The summed E-state index contributed by atoms with van der Waals surface area (Å²) in [4.78, 5) is 8.08. The van der Waals surface area contributed by atoms with Crippen LogP contribution in [-0.2, 0) is 0 Å². The number of guanidine groups is 1. The van der Waals surface area contributed by atoms with Crippen molar-refractivity contribution in [3.8, 4) is 0 Å². The third-order valence-corrected chi connectivity index (χ3v) is 2.40. The predicted octanol–water partition coefficient (Wildman–Crippen LogP) is 0.526. The minimum atomic E-state index is -0.375. The average molecular weight is 242 g/mol. The van der Waals surface area contributed by atoms with Gasteiger partial charge >= 0.3 is 0 Å². The predicted molar refractivity (Wildman–Crippen MR) is 62.5 cm³/mol. The Hall–Kier alpha value is -1.40. The molecule has 0 aromatic carbocycles. The van der Waals surface area contributed by atoms with Gasteiger partial charge in [0.1, 0.15) is 5.15 Å². The normalized spacial score (nSPS) is 20.2. The molecule has 2 rings (SSSR count). The second kappa shape index (κ2) is 4.00. The first kappa shape index (κ1) is 10.1. The first-order valence-corrected chi connectivity index (χ1v) is 4.96. The van der Waals surface area contributed by atoms with E-state index in [4.69, 9.17) is 29.6 Å². The fourth-order valence-corrected chi connectivity index (χ4v) is 1.67. The highest BCUT2D eigenvalue weighted by Gasteiger charge is 2.19. The Morgan fingerprint density at radius 1 is 1.53 bits per heavy atom. The summed E-state index contributed by atoms with van der Waals surface area (Å²) >= 11 is 10.9. The Labute approximate surface area is 96.7 Å². The van der Waals surface area contributed by atoms with Gasteiger partial charge in [-0.2, -0.15) is 0 Å². The van der Waals surface area contributed by atoms with Gasteiger partial charge in [-0.3, -0.25) is 0 Å². The molecule has 0 aliphatic carbocycles. The lowest BCUT2D eigenvalue weighted by Crippen LogP contribution is -2.49. The quantitative estimate of drug-likeness (QED) is 0.494. The largest absolute Gasteiger partial charge is 0.370 e. The molecule has 2 heterocycles. The van der Waals surface area contributed by atoms with Gasteiger partial charge in [-0.05, 0) is 18.3 Å². The molecule has 0 fully saturated rings. The van der Waals surface area contributed by atoms with Crippen molar-refractivity contribution in [1.82, 2.24) is 15.6 Å². The van der Waals surface area contributed by atoms with E-state index in [1.807, 2.05) is 6.07 Å². The van der Waals surface area contributed by atoms with Crippen molar-refractivity contribution in [1.29, 1.82) is 0 Å². The van der Waals surface area contributed by atoms with Crippen molar-refractivity contribution in [2.45, 2.75) is 6.17 Å². The van der Waals surface area contributed by atoms with Gasteiger partial charge in [0, 0.05) is 11.8 Å². The molecule has 1 aliphatic rings. The molecule has 15 heavy (non-hydrogen) atoms. The van der Waals surface area contributed by atoms with E-state index in [1.54, 1.807) is 12.3 Å². The molecule has 1 aliphatic heterocycles. The highest BCUT2D eigenvalue weighted by atomic mass is 35.5. The molecule has 5 nitrogen and oxygen atoms in total. The molecule has 0 bridgehead atoms. The Kier molecular flexibility index (Phi) is 2.70. The minimum Gasteiger partial charge on any atom is -0.370 e. The third-order valence-electron chi connectivity index (χ3n) is 1.86. The topological polar surface area (TPSA) is 75.3 Å². The zero-order valence-electron chi connectivity index (χ0n) is 7.57. The van der Waals surface area contributed by atoms with Crippen LogP contribution in [0.25, 0.3) is 0 Å². The molecule has 0 unspecified atom stereocenters. The standard InChI is InChI=1S/C8H8ClN5S/c9-5-4(2-1-3-11-5)6-12-7(10)14-8(15)13-6/h1-3,6H,(H4,10,12,13,14,15)/t6-/m0/s1. The van der Waals surface area contributed by atoms with E-state index < -0.39 is 0 Å². The van der Waals surface area contributed by atoms with Gasteiger partial charge in [-0.25, -0.2) is 9.98 Å². The fourth-order valence-electron chi connectivity index (χ4n) is 1.23. The van der Waals surface area contributed by atoms with E-state index in [2.05, 4.69) is 20.6 Å². The van der Waals surface area contributed by atoms with Crippen molar-refractivity contribution in [3.63, 3.8) is 0 Å². The number of halogens is 1. The summed E-state index contributed by atoms with van der Waals surface area (Å²) in [5, 5.41) is 6.42. The molecule has 78 valence electrons. The number of aromatic nitrogens is 1. The molecule has 1 atom stereocenters. The van der Waals surface area contributed by atoms with Crippen molar-refractivity contribution >= 4 is 34.9 Å². The van der Waals surface area contributed by atoms with Crippen LogP contribution in [0, 0.1) is 0 Å². The minimum absolute atomic E-state index is 0.267. The number of nitrogens with zero attached hydrogens (tertiary/aromatic N) is 2. The molecule has 1 aromatic heterocycles. The number of hydrogen-bond acceptors (Lipinski definition) is 4. The van der Waals surface area contributed by atoms with Crippen LogP contribution in [0.2, 0.25) is 5.15 Å². The maximum atomic E-state index is 5.93. The summed E-state index contributed by atoms with van der Waals surface area (Å²) in [6.07, 6.45) is 1.23. The molecule has 0 saturated carbocycles. The summed E-state index contributed by atoms with van der Waals surface area (Å²) in [5.41, 5.74) is 6.29. The monoisotopic (exact) mass is 241 g/mol. The molecule has 0 spiro atoms. The van der Waals surface area contributed by atoms with Gasteiger partial charge in [0.15, 0.2) is 17.2 Å². The van der Waals surface area contributed by atoms with Crippen molar-refractivity contribution in [2.75, 3.05) is 0 Å². The molecule has 0 saturated heterocycles. The maximum absolute atomic E-state index is 5.93. The number of rotatable bonds is 1. The van der Waals surface area contributed by atoms with Crippen molar-refractivity contribution in [3.05, 3.63) is 29.0 Å².